The van der Waals surface area contributed by atoms with Gasteiger partial charge in [0.05, 0.1) is 12.2 Å². The molecule has 0 aliphatic rings. The van der Waals surface area contributed by atoms with Crippen LogP contribution in [0.2, 0.25) is 0 Å². The lowest BCUT2D eigenvalue weighted by molar-refractivity contribution is 0.186. The van der Waals surface area contributed by atoms with Crippen LogP contribution in [-0.2, 0) is 0 Å². The highest BCUT2D eigenvalue weighted by Crippen LogP contribution is 2.28. The molecule has 1 aromatic carbocycles. The maximum Gasteiger partial charge on any atom is 0.125 e. The summed E-state index contributed by atoms with van der Waals surface area (Å²) in [4.78, 5) is 0. The van der Waals surface area contributed by atoms with E-state index in [-0.39, 0.29) is 6.10 Å². The first-order valence-corrected chi connectivity index (χ1v) is 6.82. The standard InChI is InChI=1S/C13H20O2S/c1-4-16-9-12(14)11-7-5-6-8-13(11)15-10(2)3/h5-8,10,12,14H,4,9H2,1-3H3. The number of benzene rings is 1. The van der Waals surface area contributed by atoms with Gasteiger partial charge in [-0.2, -0.15) is 11.8 Å². The maximum atomic E-state index is 10.0. The topological polar surface area (TPSA) is 29.5 Å². The predicted octanol–water partition coefficient (Wildman–Crippen LogP) is 3.26. The molecule has 0 saturated heterocycles. The summed E-state index contributed by atoms with van der Waals surface area (Å²) in [5, 5.41) is 10.0. The van der Waals surface area contributed by atoms with Gasteiger partial charge in [0.2, 0.25) is 0 Å². The third-order valence-electron chi connectivity index (χ3n) is 2.12. The van der Waals surface area contributed by atoms with Crippen molar-refractivity contribution >= 4 is 11.8 Å². The molecule has 2 nitrogen and oxygen atoms in total. The number of aliphatic hydroxyl groups excluding tert-OH is 1. The number of aliphatic hydroxyl groups is 1. The molecule has 1 aromatic rings. The Hall–Kier alpha value is -0.670. The van der Waals surface area contributed by atoms with E-state index in [0.717, 1.165) is 22.8 Å². The van der Waals surface area contributed by atoms with Crippen LogP contribution in [0.3, 0.4) is 0 Å². The summed E-state index contributed by atoms with van der Waals surface area (Å²) >= 11 is 1.73. The van der Waals surface area contributed by atoms with Crippen molar-refractivity contribution in [3.8, 4) is 5.75 Å². The van der Waals surface area contributed by atoms with Crippen molar-refractivity contribution in [2.24, 2.45) is 0 Å². The smallest absolute Gasteiger partial charge is 0.125 e. The fourth-order valence-electron chi connectivity index (χ4n) is 1.44. The van der Waals surface area contributed by atoms with Gasteiger partial charge in [0.15, 0.2) is 0 Å². The molecule has 1 N–H and O–H groups in total. The molecule has 0 spiro atoms. The van der Waals surface area contributed by atoms with Gasteiger partial charge in [0.25, 0.3) is 0 Å². The quantitative estimate of drug-likeness (QED) is 0.827. The predicted molar refractivity (Wildman–Crippen MR) is 70.2 cm³/mol. The molecule has 1 atom stereocenters. The van der Waals surface area contributed by atoms with Gasteiger partial charge in [-0.15, -0.1) is 0 Å². The second kappa shape index (κ2) is 6.81. The Morgan fingerprint density at radius 2 is 2.00 bits per heavy atom. The average Bonchev–Trinajstić information content (AvgIpc) is 2.26. The summed E-state index contributed by atoms with van der Waals surface area (Å²) in [5.74, 6) is 2.53. The van der Waals surface area contributed by atoms with Crippen LogP contribution in [0.25, 0.3) is 0 Å². The van der Waals surface area contributed by atoms with Crippen LogP contribution in [0.15, 0.2) is 24.3 Å². The first kappa shape index (κ1) is 13.4. The van der Waals surface area contributed by atoms with Crippen LogP contribution in [0.5, 0.6) is 5.75 Å². The first-order valence-electron chi connectivity index (χ1n) is 5.66. The summed E-state index contributed by atoms with van der Waals surface area (Å²) in [5.41, 5.74) is 0.886. The SMILES string of the molecule is CCSCC(O)c1ccccc1OC(C)C. The number of hydrogen-bond acceptors (Lipinski definition) is 3. The zero-order chi connectivity index (χ0) is 12.0. The van der Waals surface area contributed by atoms with Gasteiger partial charge >= 0.3 is 0 Å². The van der Waals surface area contributed by atoms with Gasteiger partial charge in [0, 0.05) is 11.3 Å². The van der Waals surface area contributed by atoms with Crippen molar-refractivity contribution in [3.63, 3.8) is 0 Å². The molecule has 16 heavy (non-hydrogen) atoms. The third kappa shape index (κ3) is 4.06. The Morgan fingerprint density at radius 3 is 2.62 bits per heavy atom. The van der Waals surface area contributed by atoms with E-state index < -0.39 is 6.10 Å². The Kier molecular flexibility index (Phi) is 5.71. The summed E-state index contributed by atoms with van der Waals surface area (Å²) in [6.07, 6.45) is -0.313. The van der Waals surface area contributed by atoms with E-state index in [9.17, 15) is 5.11 Å². The van der Waals surface area contributed by atoms with Gasteiger partial charge in [-0.1, -0.05) is 25.1 Å². The lowest BCUT2D eigenvalue weighted by atomic mass is 10.1. The molecule has 0 fully saturated rings. The fraction of sp³-hybridized carbons (Fsp3) is 0.538. The van der Waals surface area contributed by atoms with Crippen molar-refractivity contribution in [1.29, 1.82) is 0 Å². The Bertz CT molecular complexity index is 313. The van der Waals surface area contributed by atoms with E-state index in [1.54, 1.807) is 11.8 Å². The second-order valence-corrected chi connectivity index (χ2v) is 5.20. The molecule has 0 aliphatic heterocycles. The van der Waals surface area contributed by atoms with Crippen molar-refractivity contribution in [2.45, 2.75) is 33.0 Å². The second-order valence-electron chi connectivity index (χ2n) is 3.88. The molecular formula is C13H20O2S. The normalized spacial score (nSPS) is 12.8. The minimum Gasteiger partial charge on any atom is -0.491 e. The largest absolute Gasteiger partial charge is 0.491 e. The molecule has 0 amide bonds. The third-order valence-corrected chi connectivity index (χ3v) is 3.08. The van der Waals surface area contributed by atoms with Gasteiger partial charge in [-0.3, -0.25) is 0 Å². The van der Waals surface area contributed by atoms with Crippen LogP contribution >= 0.6 is 11.8 Å². The van der Waals surface area contributed by atoms with Gasteiger partial charge in [-0.05, 0) is 25.7 Å². The highest BCUT2D eigenvalue weighted by atomic mass is 32.2. The number of thioether (sulfide) groups is 1. The Morgan fingerprint density at radius 1 is 1.31 bits per heavy atom. The highest BCUT2D eigenvalue weighted by molar-refractivity contribution is 7.99. The minimum absolute atomic E-state index is 0.132. The Balaban J connectivity index is 2.76. The molecule has 0 radical (unpaired) electrons. The maximum absolute atomic E-state index is 10.0. The first-order chi connectivity index (χ1) is 7.65. The van der Waals surface area contributed by atoms with E-state index in [4.69, 9.17) is 4.74 Å². The highest BCUT2D eigenvalue weighted by Gasteiger charge is 2.13. The summed E-state index contributed by atoms with van der Waals surface area (Å²) in [7, 11) is 0. The zero-order valence-corrected chi connectivity index (χ0v) is 11.0. The van der Waals surface area contributed by atoms with E-state index in [1.165, 1.54) is 0 Å². The lowest BCUT2D eigenvalue weighted by Gasteiger charge is -2.17. The number of rotatable bonds is 6. The van der Waals surface area contributed by atoms with E-state index in [1.807, 2.05) is 38.1 Å². The number of ether oxygens (including phenoxy) is 1. The van der Waals surface area contributed by atoms with Crippen molar-refractivity contribution < 1.29 is 9.84 Å². The summed E-state index contributed by atoms with van der Waals surface area (Å²) in [6, 6.07) is 7.71. The molecule has 0 heterocycles. The minimum atomic E-state index is -0.445. The monoisotopic (exact) mass is 240 g/mol. The van der Waals surface area contributed by atoms with Crippen LogP contribution in [0, 0.1) is 0 Å². The Labute approximate surface area is 102 Å². The van der Waals surface area contributed by atoms with Gasteiger partial charge < -0.3 is 9.84 Å². The molecule has 0 aromatic heterocycles. The van der Waals surface area contributed by atoms with Crippen LogP contribution in [0.4, 0.5) is 0 Å². The van der Waals surface area contributed by atoms with E-state index in [0.29, 0.717) is 0 Å². The summed E-state index contributed by atoms with van der Waals surface area (Å²) in [6.45, 7) is 6.07. The van der Waals surface area contributed by atoms with Crippen molar-refractivity contribution in [2.75, 3.05) is 11.5 Å². The van der Waals surface area contributed by atoms with Crippen molar-refractivity contribution in [1.82, 2.24) is 0 Å². The molecular weight excluding hydrogens is 220 g/mol. The molecule has 90 valence electrons. The molecule has 0 aliphatic carbocycles. The van der Waals surface area contributed by atoms with E-state index >= 15 is 0 Å². The van der Waals surface area contributed by atoms with Crippen LogP contribution < -0.4 is 4.74 Å². The van der Waals surface area contributed by atoms with E-state index in [2.05, 4.69) is 6.92 Å². The fourth-order valence-corrected chi connectivity index (χ4v) is 2.07. The molecule has 3 heteroatoms. The molecule has 1 rings (SSSR count). The number of para-hydroxylation sites is 1. The average molecular weight is 240 g/mol. The number of hydrogen-bond donors (Lipinski definition) is 1. The molecule has 0 bridgehead atoms. The van der Waals surface area contributed by atoms with Gasteiger partial charge in [0.1, 0.15) is 5.75 Å². The zero-order valence-electron chi connectivity index (χ0n) is 10.1. The molecule has 1 unspecified atom stereocenters. The lowest BCUT2D eigenvalue weighted by Crippen LogP contribution is -2.10. The van der Waals surface area contributed by atoms with Crippen molar-refractivity contribution in [3.05, 3.63) is 29.8 Å². The van der Waals surface area contributed by atoms with Gasteiger partial charge in [-0.25, -0.2) is 0 Å². The summed E-state index contributed by atoms with van der Waals surface area (Å²) < 4.78 is 5.68. The van der Waals surface area contributed by atoms with Crippen LogP contribution in [0.1, 0.15) is 32.4 Å². The molecule has 0 saturated carbocycles. The van der Waals surface area contributed by atoms with Crippen LogP contribution in [-0.4, -0.2) is 22.7 Å².